The monoisotopic (exact) mass is 562 g/mol. The summed E-state index contributed by atoms with van der Waals surface area (Å²) in [7, 11) is 1.58. The van der Waals surface area contributed by atoms with Crippen molar-refractivity contribution < 1.29 is 14.6 Å². The number of carboxylic acid groups (broad SMARTS) is 1. The van der Waals surface area contributed by atoms with E-state index >= 15 is 0 Å². The predicted octanol–water partition coefficient (Wildman–Crippen LogP) is 5.13. The van der Waals surface area contributed by atoms with Gasteiger partial charge in [-0.1, -0.05) is 37.6 Å². The van der Waals surface area contributed by atoms with Crippen molar-refractivity contribution in [3.8, 4) is 22.7 Å². The number of methoxy groups -OCH3 is 1. The third-order valence-corrected chi connectivity index (χ3v) is 7.55. The van der Waals surface area contributed by atoms with Crippen LogP contribution in [0.4, 0.5) is 10.6 Å². The third kappa shape index (κ3) is 4.72. The number of amides is 1. The minimum Gasteiger partial charge on any atom is -0.496 e. The molecule has 208 valence electrons. The molecule has 11 heteroatoms. The number of aromatic nitrogens is 4. The topological polar surface area (TPSA) is 114 Å². The van der Waals surface area contributed by atoms with Crippen LogP contribution in [-0.2, 0) is 0 Å². The maximum Gasteiger partial charge on any atom is 0.407 e. The van der Waals surface area contributed by atoms with E-state index in [1.54, 1.807) is 19.4 Å². The van der Waals surface area contributed by atoms with Crippen LogP contribution in [0.15, 0.2) is 47.4 Å². The summed E-state index contributed by atoms with van der Waals surface area (Å²) in [6, 6.07) is 10.8. The number of anilines is 1. The highest BCUT2D eigenvalue weighted by Crippen LogP contribution is 2.38. The fraction of sp³-hybridized carbons (Fsp3) is 0.345. The number of para-hydroxylation sites is 1. The van der Waals surface area contributed by atoms with Gasteiger partial charge in [-0.2, -0.15) is 4.98 Å². The SMILES string of the molecule is COc1ccccc1-c1nc2c(cc1Cl)c(N1CCN(C(=O)O)CC1C)nc(=O)n2-c1c(C)ccnc1C(C)C. The van der Waals surface area contributed by atoms with E-state index in [4.69, 9.17) is 21.3 Å². The fourth-order valence-corrected chi connectivity index (χ4v) is 5.54. The Morgan fingerprint density at radius 1 is 1.18 bits per heavy atom. The van der Waals surface area contributed by atoms with Crippen LogP contribution in [0.5, 0.6) is 5.75 Å². The maximum absolute atomic E-state index is 14.0. The molecule has 5 rings (SSSR count). The first kappa shape index (κ1) is 27.4. The van der Waals surface area contributed by atoms with Crippen LogP contribution >= 0.6 is 11.6 Å². The molecular formula is C29H31ClN6O4. The maximum atomic E-state index is 14.0. The first-order valence-electron chi connectivity index (χ1n) is 13.1. The smallest absolute Gasteiger partial charge is 0.407 e. The second-order valence-electron chi connectivity index (χ2n) is 10.2. The van der Waals surface area contributed by atoms with Crippen molar-refractivity contribution in [2.75, 3.05) is 31.6 Å². The molecule has 0 saturated carbocycles. The quantitative estimate of drug-likeness (QED) is 0.356. The molecule has 1 unspecified atom stereocenters. The molecule has 0 bridgehead atoms. The summed E-state index contributed by atoms with van der Waals surface area (Å²) in [4.78, 5) is 43.0. The molecule has 4 heterocycles. The number of pyridine rings is 2. The van der Waals surface area contributed by atoms with Gasteiger partial charge in [-0.3, -0.25) is 4.98 Å². The minimum absolute atomic E-state index is 0.0293. The van der Waals surface area contributed by atoms with Crippen molar-refractivity contribution in [3.63, 3.8) is 0 Å². The second kappa shape index (κ2) is 10.8. The number of hydrogen-bond acceptors (Lipinski definition) is 7. The fourth-order valence-electron chi connectivity index (χ4n) is 5.29. The standard InChI is InChI=1S/C29H31ClN6O4/c1-16(2)23-25(17(3)10-11-31-23)36-27-20(14-21(30)24(32-27)19-8-6-7-9-22(19)40-5)26(33-28(36)37)35-13-12-34(29(38)39)15-18(35)4/h6-11,14,16,18H,12-13,15H2,1-5H3,(H,38,39). The zero-order chi connectivity index (χ0) is 28.7. The van der Waals surface area contributed by atoms with Crippen LogP contribution in [0.2, 0.25) is 5.02 Å². The number of aryl methyl sites for hydroxylation is 1. The Balaban J connectivity index is 1.84. The van der Waals surface area contributed by atoms with Gasteiger partial charge >= 0.3 is 11.8 Å². The predicted molar refractivity (Wildman–Crippen MR) is 155 cm³/mol. The molecule has 1 amide bonds. The van der Waals surface area contributed by atoms with Gasteiger partial charge in [0.05, 0.1) is 34.6 Å². The molecule has 4 aromatic rings. The molecule has 0 spiro atoms. The summed E-state index contributed by atoms with van der Waals surface area (Å²) in [6.07, 6.45) is 0.760. The molecule has 1 atom stereocenters. The van der Waals surface area contributed by atoms with Crippen LogP contribution in [-0.4, -0.2) is 68.4 Å². The number of carbonyl (C=O) groups is 1. The first-order chi connectivity index (χ1) is 19.1. The Labute approximate surface area is 236 Å². The number of halogens is 1. The van der Waals surface area contributed by atoms with Crippen LogP contribution in [0.3, 0.4) is 0 Å². The molecule has 1 aliphatic heterocycles. The second-order valence-corrected chi connectivity index (χ2v) is 10.6. The highest BCUT2D eigenvalue weighted by molar-refractivity contribution is 6.34. The van der Waals surface area contributed by atoms with Gasteiger partial charge in [-0.15, -0.1) is 0 Å². The Morgan fingerprint density at radius 2 is 1.93 bits per heavy atom. The van der Waals surface area contributed by atoms with Gasteiger partial charge in [0.2, 0.25) is 0 Å². The lowest BCUT2D eigenvalue weighted by Gasteiger charge is -2.39. The van der Waals surface area contributed by atoms with Crippen LogP contribution in [0, 0.1) is 6.92 Å². The van der Waals surface area contributed by atoms with Crippen LogP contribution in [0.25, 0.3) is 28.0 Å². The molecule has 3 aromatic heterocycles. The normalized spacial score (nSPS) is 15.6. The molecule has 1 aliphatic rings. The summed E-state index contributed by atoms with van der Waals surface area (Å²) in [6.45, 7) is 8.82. The number of benzene rings is 1. The Kier molecular flexibility index (Phi) is 7.37. The van der Waals surface area contributed by atoms with Crippen molar-refractivity contribution in [2.45, 2.75) is 39.7 Å². The number of nitrogens with zero attached hydrogens (tertiary/aromatic N) is 6. The summed E-state index contributed by atoms with van der Waals surface area (Å²) in [5, 5.41) is 10.5. The van der Waals surface area contributed by atoms with Gasteiger partial charge in [0.1, 0.15) is 11.6 Å². The van der Waals surface area contributed by atoms with Gasteiger partial charge in [0, 0.05) is 37.4 Å². The van der Waals surface area contributed by atoms with E-state index in [1.807, 2.05) is 62.9 Å². The van der Waals surface area contributed by atoms with Crippen molar-refractivity contribution >= 4 is 34.5 Å². The molecule has 1 N–H and O–H groups in total. The van der Waals surface area contributed by atoms with Gasteiger partial charge in [-0.05, 0) is 49.6 Å². The number of rotatable bonds is 5. The van der Waals surface area contributed by atoms with E-state index < -0.39 is 11.8 Å². The lowest BCUT2D eigenvalue weighted by atomic mass is 10.0. The van der Waals surface area contributed by atoms with E-state index in [0.717, 1.165) is 11.3 Å². The van der Waals surface area contributed by atoms with Crippen molar-refractivity contribution in [1.82, 2.24) is 24.4 Å². The Bertz CT molecular complexity index is 1670. The summed E-state index contributed by atoms with van der Waals surface area (Å²) < 4.78 is 7.10. The molecule has 1 saturated heterocycles. The average Bonchev–Trinajstić information content (AvgIpc) is 2.93. The average molecular weight is 563 g/mol. The molecule has 0 radical (unpaired) electrons. The summed E-state index contributed by atoms with van der Waals surface area (Å²) >= 11 is 6.88. The third-order valence-electron chi connectivity index (χ3n) is 7.26. The molecular weight excluding hydrogens is 532 g/mol. The van der Waals surface area contributed by atoms with E-state index in [1.165, 1.54) is 9.47 Å². The van der Waals surface area contributed by atoms with E-state index in [0.29, 0.717) is 51.1 Å². The van der Waals surface area contributed by atoms with E-state index in [-0.39, 0.29) is 25.0 Å². The zero-order valence-electron chi connectivity index (χ0n) is 23.1. The first-order valence-corrected chi connectivity index (χ1v) is 13.5. The van der Waals surface area contributed by atoms with Gasteiger partial charge in [0.25, 0.3) is 0 Å². The van der Waals surface area contributed by atoms with E-state index in [2.05, 4.69) is 9.97 Å². The van der Waals surface area contributed by atoms with Crippen LogP contribution in [0.1, 0.15) is 37.9 Å². The molecule has 1 aromatic carbocycles. The number of hydrogen-bond donors (Lipinski definition) is 1. The summed E-state index contributed by atoms with van der Waals surface area (Å²) in [5.41, 5.74) is 3.27. The number of piperazine rings is 1. The van der Waals surface area contributed by atoms with Gasteiger partial charge in [-0.25, -0.2) is 19.1 Å². The molecule has 40 heavy (non-hydrogen) atoms. The van der Waals surface area contributed by atoms with Gasteiger partial charge < -0.3 is 19.6 Å². The number of ether oxygens (including phenoxy) is 1. The number of fused-ring (bicyclic) bond motifs is 1. The van der Waals surface area contributed by atoms with Crippen molar-refractivity contribution in [2.24, 2.45) is 0 Å². The summed E-state index contributed by atoms with van der Waals surface area (Å²) in [5.74, 6) is 1.04. The molecule has 1 fully saturated rings. The van der Waals surface area contributed by atoms with Crippen molar-refractivity contribution in [1.29, 1.82) is 0 Å². The Hall–Kier alpha value is -4.18. The largest absolute Gasteiger partial charge is 0.496 e. The van der Waals surface area contributed by atoms with Crippen molar-refractivity contribution in [3.05, 3.63) is 69.4 Å². The zero-order valence-corrected chi connectivity index (χ0v) is 23.8. The minimum atomic E-state index is -0.973. The molecule has 10 nitrogen and oxygen atoms in total. The highest BCUT2D eigenvalue weighted by atomic mass is 35.5. The lowest BCUT2D eigenvalue weighted by Crippen LogP contribution is -2.54. The van der Waals surface area contributed by atoms with Crippen LogP contribution < -0.4 is 15.3 Å². The highest BCUT2D eigenvalue weighted by Gasteiger charge is 2.31. The van der Waals surface area contributed by atoms with E-state index in [9.17, 15) is 14.7 Å². The Morgan fingerprint density at radius 3 is 2.60 bits per heavy atom. The lowest BCUT2D eigenvalue weighted by molar-refractivity contribution is 0.136. The van der Waals surface area contributed by atoms with Gasteiger partial charge in [0.15, 0.2) is 5.65 Å². The molecule has 0 aliphatic carbocycles.